The van der Waals surface area contributed by atoms with Gasteiger partial charge in [-0.15, -0.1) is 11.8 Å². The van der Waals surface area contributed by atoms with Crippen LogP contribution in [0.1, 0.15) is 37.3 Å². The molecule has 0 aromatic heterocycles. The maximum atomic E-state index is 12.9. The van der Waals surface area contributed by atoms with Gasteiger partial charge in [-0.3, -0.25) is 4.79 Å². The van der Waals surface area contributed by atoms with Crippen molar-refractivity contribution >= 4 is 17.7 Å². The Morgan fingerprint density at radius 3 is 2.36 bits per heavy atom. The van der Waals surface area contributed by atoms with Crippen molar-refractivity contribution < 1.29 is 32.5 Å². The molecule has 0 spiro atoms. The van der Waals surface area contributed by atoms with Crippen LogP contribution in [-0.2, 0) is 11.2 Å². The molecule has 0 aliphatic carbocycles. The quantitative estimate of drug-likeness (QED) is 0.434. The second-order valence-corrected chi connectivity index (χ2v) is 8.77. The summed E-state index contributed by atoms with van der Waals surface area (Å²) >= 11 is 1.52. The van der Waals surface area contributed by atoms with Crippen molar-refractivity contribution in [2.75, 3.05) is 26.9 Å². The Bertz CT molecular complexity index is 958. The molecular weight excluding hydrogens is 452 g/mol. The molecule has 1 saturated heterocycles. The van der Waals surface area contributed by atoms with E-state index in [0.29, 0.717) is 37.7 Å². The number of hydrogen-bond acceptors (Lipinski definition) is 6. The lowest BCUT2D eigenvalue weighted by Gasteiger charge is -2.25. The summed E-state index contributed by atoms with van der Waals surface area (Å²) in [6, 6.07) is 10.6. The highest BCUT2D eigenvalue weighted by Gasteiger charge is 2.38. The van der Waals surface area contributed by atoms with Gasteiger partial charge in [0.2, 0.25) is 5.91 Å². The number of amides is 1. The number of rotatable bonds is 11. The number of nitrogens with zero attached hydrogens (tertiary/aromatic N) is 1. The highest BCUT2D eigenvalue weighted by molar-refractivity contribution is 8.01. The first-order valence-electron chi connectivity index (χ1n) is 10.8. The summed E-state index contributed by atoms with van der Waals surface area (Å²) in [5, 5.41) is -0.464. The van der Waals surface area contributed by atoms with Crippen LogP contribution in [0.3, 0.4) is 0 Å². The molecule has 33 heavy (non-hydrogen) atoms. The fraction of sp³-hybridized carbons (Fsp3) is 0.458. The second kappa shape index (κ2) is 11.4. The zero-order valence-corrected chi connectivity index (χ0v) is 20.0. The number of hydrogen-bond donors (Lipinski definition) is 0. The summed E-state index contributed by atoms with van der Waals surface area (Å²) in [6.07, 6.45) is 0.631. The SMILES string of the molecule is CCOc1ccc(CCN2C(=O)C(C)SC2c2ccc(OC(F)F)c(OC)c2)cc1OCC. The van der Waals surface area contributed by atoms with E-state index in [0.717, 1.165) is 11.1 Å². The summed E-state index contributed by atoms with van der Waals surface area (Å²) in [5.74, 6) is 1.58. The molecule has 1 aliphatic rings. The van der Waals surface area contributed by atoms with Crippen LogP contribution in [0, 0.1) is 0 Å². The van der Waals surface area contributed by atoms with E-state index in [1.165, 1.54) is 24.9 Å². The maximum Gasteiger partial charge on any atom is 0.387 e. The molecule has 2 aromatic carbocycles. The zero-order valence-electron chi connectivity index (χ0n) is 19.2. The number of thioether (sulfide) groups is 1. The minimum Gasteiger partial charge on any atom is -0.493 e. The van der Waals surface area contributed by atoms with Gasteiger partial charge in [0, 0.05) is 6.54 Å². The molecule has 0 saturated carbocycles. The minimum atomic E-state index is -2.95. The molecule has 1 aliphatic heterocycles. The van der Waals surface area contributed by atoms with Gasteiger partial charge in [-0.05, 0) is 62.6 Å². The molecule has 9 heteroatoms. The molecule has 1 fully saturated rings. The number of carbonyl (C=O) groups excluding carboxylic acids is 1. The Kier molecular flexibility index (Phi) is 8.66. The van der Waals surface area contributed by atoms with E-state index in [4.69, 9.17) is 14.2 Å². The normalized spacial score (nSPS) is 18.0. The monoisotopic (exact) mass is 481 g/mol. The van der Waals surface area contributed by atoms with Crippen LogP contribution in [-0.4, -0.2) is 49.5 Å². The van der Waals surface area contributed by atoms with Crippen molar-refractivity contribution in [2.45, 2.75) is 44.4 Å². The smallest absolute Gasteiger partial charge is 0.387 e. The molecule has 1 amide bonds. The Morgan fingerprint density at radius 2 is 1.70 bits per heavy atom. The number of ether oxygens (including phenoxy) is 4. The van der Waals surface area contributed by atoms with Gasteiger partial charge in [0.05, 0.1) is 25.6 Å². The van der Waals surface area contributed by atoms with Crippen LogP contribution in [0.5, 0.6) is 23.0 Å². The Morgan fingerprint density at radius 1 is 1.00 bits per heavy atom. The predicted molar refractivity (Wildman–Crippen MR) is 124 cm³/mol. The number of alkyl halides is 2. The van der Waals surface area contributed by atoms with Gasteiger partial charge in [0.1, 0.15) is 5.37 Å². The third kappa shape index (κ3) is 6.01. The molecule has 6 nitrogen and oxygen atoms in total. The van der Waals surface area contributed by atoms with Crippen molar-refractivity contribution in [1.29, 1.82) is 0 Å². The van der Waals surface area contributed by atoms with E-state index in [2.05, 4.69) is 4.74 Å². The number of carbonyl (C=O) groups is 1. The summed E-state index contributed by atoms with van der Waals surface area (Å²) in [5.41, 5.74) is 1.81. The first-order chi connectivity index (χ1) is 15.9. The summed E-state index contributed by atoms with van der Waals surface area (Å²) in [7, 11) is 1.40. The molecular formula is C24H29F2NO5S. The van der Waals surface area contributed by atoms with E-state index in [-0.39, 0.29) is 28.0 Å². The Hall–Kier alpha value is -2.68. The van der Waals surface area contributed by atoms with Crippen LogP contribution < -0.4 is 18.9 Å². The lowest BCUT2D eigenvalue weighted by Crippen LogP contribution is -2.32. The van der Waals surface area contributed by atoms with Crippen LogP contribution in [0.25, 0.3) is 0 Å². The van der Waals surface area contributed by atoms with E-state index < -0.39 is 6.61 Å². The van der Waals surface area contributed by atoms with Gasteiger partial charge in [-0.2, -0.15) is 8.78 Å². The average Bonchev–Trinajstić information content (AvgIpc) is 3.07. The van der Waals surface area contributed by atoms with E-state index in [1.807, 2.05) is 43.9 Å². The van der Waals surface area contributed by atoms with Gasteiger partial charge in [0.25, 0.3) is 0 Å². The van der Waals surface area contributed by atoms with Crippen LogP contribution in [0.15, 0.2) is 36.4 Å². The largest absolute Gasteiger partial charge is 0.493 e. The van der Waals surface area contributed by atoms with Crippen molar-refractivity contribution in [3.8, 4) is 23.0 Å². The van der Waals surface area contributed by atoms with Crippen molar-refractivity contribution in [3.05, 3.63) is 47.5 Å². The third-order valence-electron chi connectivity index (χ3n) is 5.19. The van der Waals surface area contributed by atoms with E-state index >= 15 is 0 Å². The summed E-state index contributed by atoms with van der Waals surface area (Å²) in [6.45, 7) is 4.33. The van der Waals surface area contributed by atoms with Gasteiger partial charge in [-0.25, -0.2) is 0 Å². The van der Waals surface area contributed by atoms with Gasteiger partial charge in [-0.1, -0.05) is 12.1 Å². The lowest BCUT2D eigenvalue weighted by molar-refractivity contribution is -0.129. The molecule has 1 heterocycles. The minimum absolute atomic E-state index is 0.0350. The van der Waals surface area contributed by atoms with Crippen molar-refractivity contribution in [1.82, 2.24) is 4.90 Å². The molecule has 0 radical (unpaired) electrons. The standard InChI is InChI=1S/C24H29F2NO5S/c1-5-30-18-9-7-16(13-21(18)31-6-2)11-12-27-22(28)15(3)33-23(27)17-8-10-19(32-24(25)26)20(14-17)29-4/h7-10,13-15,23-24H,5-6,11-12H2,1-4H3. The molecule has 0 N–H and O–H groups in total. The zero-order chi connectivity index (χ0) is 24.0. The molecule has 3 rings (SSSR count). The first-order valence-corrected chi connectivity index (χ1v) is 11.8. The number of halogens is 2. The summed E-state index contributed by atoms with van der Waals surface area (Å²) in [4.78, 5) is 14.7. The average molecular weight is 482 g/mol. The number of methoxy groups -OCH3 is 1. The molecule has 2 aromatic rings. The molecule has 180 valence electrons. The topological polar surface area (TPSA) is 57.2 Å². The van der Waals surface area contributed by atoms with Gasteiger partial charge in [0.15, 0.2) is 23.0 Å². The second-order valence-electron chi connectivity index (χ2n) is 7.35. The molecule has 2 atom stereocenters. The fourth-order valence-corrected chi connectivity index (χ4v) is 4.99. The Labute approximate surface area is 197 Å². The van der Waals surface area contributed by atoms with Gasteiger partial charge >= 0.3 is 6.61 Å². The third-order valence-corrected chi connectivity index (χ3v) is 6.58. The van der Waals surface area contributed by atoms with E-state index in [9.17, 15) is 13.6 Å². The fourth-order valence-electron chi connectivity index (χ4n) is 3.69. The predicted octanol–water partition coefficient (Wildman–Crippen LogP) is 5.30. The Balaban J connectivity index is 1.79. The van der Waals surface area contributed by atoms with Crippen LogP contribution >= 0.6 is 11.8 Å². The number of benzene rings is 2. The van der Waals surface area contributed by atoms with Crippen LogP contribution in [0.4, 0.5) is 8.78 Å². The van der Waals surface area contributed by atoms with Gasteiger partial charge < -0.3 is 23.8 Å². The molecule has 2 unspecified atom stereocenters. The van der Waals surface area contributed by atoms with Crippen molar-refractivity contribution in [3.63, 3.8) is 0 Å². The first kappa shape index (κ1) is 25.0. The highest BCUT2D eigenvalue weighted by Crippen LogP contribution is 2.45. The lowest BCUT2D eigenvalue weighted by atomic mass is 10.1. The summed E-state index contributed by atoms with van der Waals surface area (Å²) < 4.78 is 46.4. The highest BCUT2D eigenvalue weighted by atomic mass is 32.2. The maximum absolute atomic E-state index is 12.9. The molecule has 0 bridgehead atoms. The van der Waals surface area contributed by atoms with Crippen LogP contribution in [0.2, 0.25) is 0 Å². The van der Waals surface area contributed by atoms with E-state index in [1.54, 1.807) is 12.1 Å². The van der Waals surface area contributed by atoms with Crippen molar-refractivity contribution in [2.24, 2.45) is 0 Å².